The fraction of sp³-hybridized carbons (Fsp3) is 0.438. The van der Waals surface area contributed by atoms with Gasteiger partial charge in [-0.3, -0.25) is 9.69 Å². The minimum absolute atomic E-state index is 0.00323. The number of aryl methyl sites for hydroxylation is 1. The Morgan fingerprint density at radius 2 is 2.14 bits per heavy atom. The number of carbonyl (C=O) groups is 1. The molecular weight excluding hydrogens is 284 g/mol. The number of furan rings is 2. The Morgan fingerprint density at radius 3 is 2.77 bits per heavy atom. The number of nitrogens with zero attached hydrogens (tertiary/aromatic N) is 1. The van der Waals surface area contributed by atoms with Crippen LogP contribution in [0.2, 0.25) is 0 Å². The molecule has 22 heavy (non-hydrogen) atoms. The average molecular weight is 304 g/mol. The Bertz CT molecular complexity index is 599. The van der Waals surface area contributed by atoms with Gasteiger partial charge in [-0.1, -0.05) is 0 Å². The molecule has 2 aromatic heterocycles. The summed E-state index contributed by atoms with van der Waals surface area (Å²) in [6.07, 6.45) is 1.49. The zero-order valence-corrected chi connectivity index (χ0v) is 12.6. The normalized spacial score (nSPS) is 17.3. The fourth-order valence-electron chi connectivity index (χ4n) is 2.62. The van der Waals surface area contributed by atoms with Crippen LogP contribution >= 0.6 is 0 Å². The molecule has 0 saturated carbocycles. The van der Waals surface area contributed by atoms with Crippen molar-refractivity contribution in [1.29, 1.82) is 0 Å². The second-order valence-corrected chi connectivity index (χ2v) is 5.30. The third-order valence-corrected chi connectivity index (χ3v) is 3.78. The summed E-state index contributed by atoms with van der Waals surface area (Å²) in [5.41, 5.74) is 0. The van der Waals surface area contributed by atoms with Gasteiger partial charge in [0.15, 0.2) is 5.76 Å². The fourth-order valence-corrected chi connectivity index (χ4v) is 2.62. The van der Waals surface area contributed by atoms with Gasteiger partial charge in [-0.05, 0) is 31.2 Å². The lowest BCUT2D eigenvalue weighted by atomic mass is 10.1. The van der Waals surface area contributed by atoms with Gasteiger partial charge in [0, 0.05) is 19.6 Å². The van der Waals surface area contributed by atoms with Crippen LogP contribution in [-0.2, 0) is 4.74 Å². The Kier molecular flexibility index (Phi) is 4.60. The number of ether oxygens (including phenoxy) is 1. The highest BCUT2D eigenvalue weighted by Gasteiger charge is 2.26. The van der Waals surface area contributed by atoms with Gasteiger partial charge in [-0.15, -0.1) is 0 Å². The molecular formula is C16H20N2O4. The summed E-state index contributed by atoms with van der Waals surface area (Å²) >= 11 is 0. The van der Waals surface area contributed by atoms with Gasteiger partial charge in [0.2, 0.25) is 0 Å². The van der Waals surface area contributed by atoms with E-state index in [1.54, 1.807) is 12.1 Å². The van der Waals surface area contributed by atoms with Crippen LogP contribution in [0.4, 0.5) is 0 Å². The molecule has 118 valence electrons. The summed E-state index contributed by atoms with van der Waals surface area (Å²) in [5, 5.41) is 2.92. The van der Waals surface area contributed by atoms with E-state index in [0.29, 0.717) is 25.5 Å². The van der Waals surface area contributed by atoms with E-state index in [1.165, 1.54) is 6.26 Å². The first-order chi connectivity index (χ1) is 10.7. The maximum atomic E-state index is 12.1. The van der Waals surface area contributed by atoms with Crippen LogP contribution in [0.25, 0.3) is 0 Å². The number of carbonyl (C=O) groups excluding carboxylic acids is 1. The van der Waals surface area contributed by atoms with E-state index >= 15 is 0 Å². The minimum Gasteiger partial charge on any atom is -0.465 e. The molecule has 1 N–H and O–H groups in total. The molecule has 1 aliphatic heterocycles. The quantitative estimate of drug-likeness (QED) is 0.915. The molecule has 0 aromatic carbocycles. The van der Waals surface area contributed by atoms with Crippen LogP contribution in [0.1, 0.15) is 28.1 Å². The topological polar surface area (TPSA) is 67.9 Å². The molecule has 1 fully saturated rings. The Labute approximate surface area is 129 Å². The number of morpholine rings is 1. The maximum Gasteiger partial charge on any atom is 0.287 e. The third-order valence-electron chi connectivity index (χ3n) is 3.78. The van der Waals surface area contributed by atoms with Crippen LogP contribution in [0.15, 0.2) is 39.4 Å². The van der Waals surface area contributed by atoms with Crippen LogP contribution in [-0.4, -0.2) is 43.7 Å². The lowest BCUT2D eigenvalue weighted by Crippen LogP contribution is -2.43. The Morgan fingerprint density at radius 1 is 1.32 bits per heavy atom. The smallest absolute Gasteiger partial charge is 0.287 e. The van der Waals surface area contributed by atoms with E-state index in [9.17, 15) is 4.79 Å². The molecule has 0 aliphatic carbocycles. The van der Waals surface area contributed by atoms with Crippen molar-refractivity contribution in [3.63, 3.8) is 0 Å². The molecule has 1 aliphatic rings. The first-order valence-electron chi connectivity index (χ1n) is 7.44. The van der Waals surface area contributed by atoms with Crippen molar-refractivity contribution in [2.24, 2.45) is 0 Å². The first kappa shape index (κ1) is 14.9. The summed E-state index contributed by atoms with van der Waals surface area (Å²) in [4.78, 5) is 14.3. The molecule has 3 rings (SSSR count). The van der Waals surface area contributed by atoms with Crippen LogP contribution in [0, 0.1) is 6.92 Å². The molecule has 1 amide bonds. The van der Waals surface area contributed by atoms with Gasteiger partial charge in [0.1, 0.15) is 11.5 Å². The van der Waals surface area contributed by atoms with E-state index in [1.807, 2.05) is 19.1 Å². The van der Waals surface area contributed by atoms with Gasteiger partial charge >= 0.3 is 0 Å². The van der Waals surface area contributed by atoms with E-state index in [-0.39, 0.29) is 11.9 Å². The van der Waals surface area contributed by atoms with Gasteiger partial charge in [-0.2, -0.15) is 0 Å². The minimum atomic E-state index is -0.216. The molecule has 1 saturated heterocycles. The molecule has 2 aromatic rings. The van der Waals surface area contributed by atoms with Crippen LogP contribution in [0.3, 0.4) is 0 Å². The van der Waals surface area contributed by atoms with E-state index in [4.69, 9.17) is 13.6 Å². The second kappa shape index (κ2) is 6.81. The van der Waals surface area contributed by atoms with E-state index in [0.717, 1.165) is 24.6 Å². The first-order valence-corrected chi connectivity index (χ1v) is 7.44. The van der Waals surface area contributed by atoms with Crippen molar-refractivity contribution in [3.8, 4) is 0 Å². The van der Waals surface area contributed by atoms with Crippen molar-refractivity contribution >= 4 is 5.91 Å². The molecule has 3 heterocycles. The van der Waals surface area contributed by atoms with Gasteiger partial charge in [0.05, 0.1) is 25.5 Å². The summed E-state index contributed by atoms with van der Waals surface area (Å²) in [6, 6.07) is 7.25. The largest absolute Gasteiger partial charge is 0.465 e. The number of hydrogen-bond donors (Lipinski definition) is 1. The standard InChI is InChI=1S/C16H20N2O4/c1-12-4-5-14(22-12)13(18-6-9-20-10-7-18)11-17-16(19)15-3-2-8-21-15/h2-5,8,13H,6-7,9-11H2,1H3,(H,17,19). The van der Waals surface area contributed by atoms with Crippen molar-refractivity contribution in [3.05, 3.63) is 47.8 Å². The summed E-state index contributed by atoms with van der Waals surface area (Å²) in [5.74, 6) is 1.83. The highest BCUT2D eigenvalue weighted by molar-refractivity contribution is 5.91. The molecule has 6 nitrogen and oxygen atoms in total. The molecule has 1 unspecified atom stereocenters. The predicted molar refractivity (Wildman–Crippen MR) is 79.6 cm³/mol. The lowest BCUT2D eigenvalue weighted by molar-refractivity contribution is 0.0116. The lowest BCUT2D eigenvalue weighted by Gasteiger charge is -2.33. The summed E-state index contributed by atoms with van der Waals surface area (Å²) in [6.45, 7) is 5.42. The number of hydrogen-bond acceptors (Lipinski definition) is 5. The Balaban J connectivity index is 1.69. The SMILES string of the molecule is Cc1ccc(C(CNC(=O)c2ccco2)N2CCOCC2)o1. The maximum absolute atomic E-state index is 12.1. The molecule has 6 heteroatoms. The second-order valence-electron chi connectivity index (χ2n) is 5.30. The van der Waals surface area contributed by atoms with Crippen molar-refractivity contribution < 1.29 is 18.4 Å². The van der Waals surface area contributed by atoms with Gasteiger partial charge in [0.25, 0.3) is 5.91 Å². The summed E-state index contributed by atoms with van der Waals surface area (Å²) < 4.78 is 16.3. The van der Waals surface area contributed by atoms with Gasteiger partial charge < -0.3 is 18.9 Å². The van der Waals surface area contributed by atoms with Crippen LogP contribution in [0.5, 0.6) is 0 Å². The molecule has 0 bridgehead atoms. The molecule has 0 radical (unpaired) electrons. The van der Waals surface area contributed by atoms with Crippen molar-refractivity contribution in [2.45, 2.75) is 13.0 Å². The number of amides is 1. The van der Waals surface area contributed by atoms with Crippen LogP contribution < -0.4 is 5.32 Å². The van der Waals surface area contributed by atoms with E-state index < -0.39 is 0 Å². The summed E-state index contributed by atoms with van der Waals surface area (Å²) in [7, 11) is 0. The van der Waals surface area contributed by atoms with Crippen molar-refractivity contribution in [2.75, 3.05) is 32.8 Å². The highest BCUT2D eigenvalue weighted by atomic mass is 16.5. The van der Waals surface area contributed by atoms with Crippen molar-refractivity contribution in [1.82, 2.24) is 10.2 Å². The molecule has 0 spiro atoms. The monoisotopic (exact) mass is 304 g/mol. The zero-order valence-electron chi connectivity index (χ0n) is 12.6. The number of rotatable bonds is 5. The average Bonchev–Trinajstić information content (AvgIpc) is 3.20. The van der Waals surface area contributed by atoms with Gasteiger partial charge in [-0.25, -0.2) is 0 Å². The predicted octanol–water partition coefficient (Wildman–Crippen LogP) is 1.98. The number of nitrogens with one attached hydrogen (secondary N) is 1. The Hall–Kier alpha value is -2.05. The third kappa shape index (κ3) is 3.40. The molecule has 1 atom stereocenters. The highest BCUT2D eigenvalue weighted by Crippen LogP contribution is 2.23. The zero-order chi connectivity index (χ0) is 15.4. The van der Waals surface area contributed by atoms with E-state index in [2.05, 4.69) is 10.2 Å².